The number of hydrogen-bond donors (Lipinski definition) is 1. The molecule has 1 aliphatic carbocycles. The van der Waals surface area contributed by atoms with Gasteiger partial charge in [-0.1, -0.05) is 20.3 Å². The van der Waals surface area contributed by atoms with Crippen molar-refractivity contribution in [3.05, 3.63) is 16.1 Å². The summed E-state index contributed by atoms with van der Waals surface area (Å²) >= 11 is 1.81. The summed E-state index contributed by atoms with van der Waals surface area (Å²) in [7, 11) is 0. The van der Waals surface area contributed by atoms with Crippen LogP contribution in [0, 0.1) is 12.3 Å². The van der Waals surface area contributed by atoms with E-state index >= 15 is 0 Å². The normalized spacial score (nSPS) is 24.5. The van der Waals surface area contributed by atoms with E-state index in [0.717, 1.165) is 6.54 Å². The van der Waals surface area contributed by atoms with Gasteiger partial charge in [-0.3, -0.25) is 0 Å². The fourth-order valence-electron chi connectivity index (χ4n) is 2.58. The average Bonchev–Trinajstić information content (AvgIpc) is 2.59. The zero-order valence-corrected chi connectivity index (χ0v) is 12.1. The molecule has 0 radical (unpaired) electrons. The molecule has 1 aromatic heterocycles. The van der Waals surface area contributed by atoms with E-state index in [1.165, 1.54) is 42.0 Å². The molecule has 96 valence electrons. The van der Waals surface area contributed by atoms with Crippen LogP contribution in [0.5, 0.6) is 0 Å². The van der Waals surface area contributed by atoms with Crippen LogP contribution in [-0.4, -0.2) is 11.0 Å². The molecule has 1 saturated carbocycles. The van der Waals surface area contributed by atoms with Crippen molar-refractivity contribution in [2.24, 2.45) is 5.41 Å². The first-order valence-corrected chi connectivity index (χ1v) is 7.51. The largest absolute Gasteiger partial charge is 0.308 e. The first-order chi connectivity index (χ1) is 8.05. The summed E-state index contributed by atoms with van der Waals surface area (Å²) in [4.78, 5) is 5.72. The van der Waals surface area contributed by atoms with Crippen LogP contribution in [0.2, 0.25) is 0 Å². The van der Waals surface area contributed by atoms with Crippen LogP contribution in [-0.2, 0) is 6.54 Å². The lowest BCUT2D eigenvalue weighted by atomic mass is 9.85. The first-order valence-electron chi connectivity index (χ1n) is 6.70. The number of thiazole rings is 1. The van der Waals surface area contributed by atoms with Crippen LogP contribution in [0.3, 0.4) is 0 Å². The lowest BCUT2D eigenvalue weighted by Gasteiger charge is -2.22. The third-order valence-corrected chi connectivity index (χ3v) is 4.70. The van der Waals surface area contributed by atoms with E-state index in [-0.39, 0.29) is 0 Å². The number of aromatic nitrogens is 1. The first kappa shape index (κ1) is 13.0. The van der Waals surface area contributed by atoms with Crippen molar-refractivity contribution in [3.8, 4) is 0 Å². The number of hydrogen-bond acceptors (Lipinski definition) is 3. The van der Waals surface area contributed by atoms with Crippen molar-refractivity contribution < 1.29 is 0 Å². The van der Waals surface area contributed by atoms with Gasteiger partial charge in [-0.15, -0.1) is 11.3 Å². The summed E-state index contributed by atoms with van der Waals surface area (Å²) in [6.45, 7) is 7.87. The standard InChI is InChI=1S/C14H24N2S/c1-11-9-16-13(17-11)10-15-12-5-4-7-14(2,3)8-6-12/h9,12,15H,4-8,10H2,1-3H3. The quantitative estimate of drug-likeness (QED) is 0.825. The monoisotopic (exact) mass is 252 g/mol. The zero-order valence-electron chi connectivity index (χ0n) is 11.3. The van der Waals surface area contributed by atoms with Crippen molar-refractivity contribution in [1.29, 1.82) is 0 Å². The minimum absolute atomic E-state index is 0.550. The van der Waals surface area contributed by atoms with Crippen LogP contribution in [0.4, 0.5) is 0 Å². The number of nitrogens with zero attached hydrogens (tertiary/aromatic N) is 1. The topological polar surface area (TPSA) is 24.9 Å². The van der Waals surface area contributed by atoms with Crippen molar-refractivity contribution in [2.45, 2.75) is 65.5 Å². The van der Waals surface area contributed by atoms with Gasteiger partial charge in [0.1, 0.15) is 5.01 Å². The molecule has 2 nitrogen and oxygen atoms in total. The fourth-order valence-corrected chi connectivity index (χ4v) is 3.32. The molecule has 1 aromatic rings. The Morgan fingerprint density at radius 1 is 1.41 bits per heavy atom. The van der Waals surface area contributed by atoms with Crippen LogP contribution in [0.1, 0.15) is 55.8 Å². The Morgan fingerprint density at radius 2 is 2.24 bits per heavy atom. The van der Waals surface area contributed by atoms with E-state index in [2.05, 4.69) is 31.1 Å². The SMILES string of the molecule is Cc1cnc(CNC2CCCC(C)(C)CC2)s1. The van der Waals surface area contributed by atoms with E-state index in [4.69, 9.17) is 0 Å². The van der Waals surface area contributed by atoms with Crippen molar-refractivity contribution in [2.75, 3.05) is 0 Å². The Hall–Kier alpha value is -0.410. The van der Waals surface area contributed by atoms with E-state index in [1.807, 2.05) is 17.5 Å². The molecule has 0 spiro atoms. The Morgan fingerprint density at radius 3 is 2.94 bits per heavy atom. The summed E-state index contributed by atoms with van der Waals surface area (Å²) in [5.41, 5.74) is 0.550. The highest BCUT2D eigenvalue weighted by Crippen LogP contribution is 2.33. The molecule has 0 aromatic carbocycles. The van der Waals surface area contributed by atoms with E-state index in [1.54, 1.807) is 0 Å². The molecule has 1 aliphatic rings. The number of rotatable bonds is 3. The summed E-state index contributed by atoms with van der Waals surface area (Å²) in [5.74, 6) is 0. The lowest BCUT2D eigenvalue weighted by molar-refractivity contribution is 0.309. The third kappa shape index (κ3) is 4.07. The second kappa shape index (κ2) is 5.49. The molecule has 2 rings (SSSR count). The summed E-state index contributed by atoms with van der Waals surface area (Å²) < 4.78 is 0. The van der Waals surface area contributed by atoms with Crippen molar-refractivity contribution in [1.82, 2.24) is 10.3 Å². The van der Waals surface area contributed by atoms with E-state index < -0.39 is 0 Å². The third-order valence-electron chi connectivity index (χ3n) is 3.79. The fraction of sp³-hybridized carbons (Fsp3) is 0.786. The van der Waals surface area contributed by atoms with E-state index in [9.17, 15) is 0 Å². The molecule has 1 fully saturated rings. The molecule has 3 heteroatoms. The maximum Gasteiger partial charge on any atom is 0.107 e. The second-order valence-corrected chi connectivity index (χ2v) is 7.36. The highest BCUT2D eigenvalue weighted by atomic mass is 32.1. The van der Waals surface area contributed by atoms with E-state index in [0.29, 0.717) is 11.5 Å². The molecule has 0 aliphatic heterocycles. The lowest BCUT2D eigenvalue weighted by Crippen LogP contribution is -2.28. The smallest absolute Gasteiger partial charge is 0.107 e. The molecule has 1 heterocycles. The number of nitrogens with one attached hydrogen (secondary N) is 1. The predicted molar refractivity (Wildman–Crippen MR) is 74.3 cm³/mol. The van der Waals surface area contributed by atoms with Gasteiger partial charge in [-0.05, 0) is 38.0 Å². The molecule has 1 N–H and O–H groups in total. The highest BCUT2D eigenvalue weighted by molar-refractivity contribution is 7.11. The minimum Gasteiger partial charge on any atom is -0.308 e. The van der Waals surface area contributed by atoms with Crippen LogP contribution in [0.15, 0.2) is 6.20 Å². The van der Waals surface area contributed by atoms with Crippen molar-refractivity contribution >= 4 is 11.3 Å². The van der Waals surface area contributed by atoms with Gasteiger partial charge < -0.3 is 5.32 Å². The van der Waals surface area contributed by atoms with Gasteiger partial charge in [0.25, 0.3) is 0 Å². The van der Waals surface area contributed by atoms with Gasteiger partial charge in [0.2, 0.25) is 0 Å². The molecule has 0 saturated heterocycles. The molecule has 0 amide bonds. The van der Waals surface area contributed by atoms with Crippen LogP contribution < -0.4 is 5.32 Å². The molecule has 17 heavy (non-hydrogen) atoms. The predicted octanol–water partition coefficient (Wildman–Crippen LogP) is 3.90. The Labute approximate surface area is 109 Å². The summed E-state index contributed by atoms with van der Waals surface area (Å²) in [6.07, 6.45) is 8.70. The molecule has 1 atom stereocenters. The van der Waals surface area contributed by atoms with Gasteiger partial charge in [-0.2, -0.15) is 0 Å². The highest BCUT2D eigenvalue weighted by Gasteiger charge is 2.23. The number of aryl methyl sites for hydroxylation is 1. The second-order valence-electron chi connectivity index (χ2n) is 6.04. The average molecular weight is 252 g/mol. The maximum absolute atomic E-state index is 4.41. The Kier molecular flexibility index (Phi) is 4.21. The van der Waals surface area contributed by atoms with Gasteiger partial charge in [-0.25, -0.2) is 4.98 Å². The van der Waals surface area contributed by atoms with Gasteiger partial charge in [0.05, 0.1) is 0 Å². The molecule has 0 bridgehead atoms. The van der Waals surface area contributed by atoms with Gasteiger partial charge in [0, 0.05) is 23.7 Å². The van der Waals surface area contributed by atoms with Crippen LogP contribution >= 0.6 is 11.3 Å². The Balaban J connectivity index is 1.79. The maximum atomic E-state index is 4.41. The zero-order chi connectivity index (χ0) is 12.3. The molecular formula is C14H24N2S. The Bertz CT molecular complexity index is 357. The minimum atomic E-state index is 0.550. The summed E-state index contributed by atoms with van der Waals surface area (Å²) in [6, 6.07) is 0.695. The summed E-state index contributed by atoms with van der Waals surface area (Å²) in [5, 5.41) is 4.90. The van der Waals surface area contributed by atoms with Gasteiger partial charge in [0.15, 0.2) is 0 Å². The molecule has 1 unspecified atom stereocenters. The van der Waals surface area contributed by atoms with Crippen LogP contribution in [0.25, 0.3) is 0 Å². The molecular weight excluding hydrogens is 228 g/mol. The van der Waals surface area contributed by atoms with Gasteiger partial charge >= 0.3 is 0 Å². The van der Waals surface area contributed by atoms with Crippen molar-refractivity contribution in [3.63, 3.8) is 0 Å².